The van der Waals surface area contributed by atoms with Crippen molar-refractivity contribution in [3.8, 4) is 0 Å². The fraction of sp³-hybridized carbons (Fsp3) is 0.750. The van der Waals surface area contributed by atoms with Crippen LogP contribution in [0.5, 0.6) is 0 Å². The van der Waals surface area contributed by atoms with Crippen molar-refractivity contribution in [2.45, 2.75) is 64.1 Å². The lowest BCUT2D eigenvalue weighted by Gasteiger charge is -2.36. The average molecular weight is 279 g/mol. The molecule has 1 aromatic rings. The Balaban J connectivity index is 1.63. The summed E-state index contributed by atoms with van der Waals surface area (Å²) in [6, 6.07) is 3.55. The lowest BCUT2D eigenvalue weighted by atomic mass is 9.90. The Hall–Kier alpha value is -0.380. The molecule has 19 heavy (non-hydrogen) atoms. The predicted octanol–water partition coefficient (Wildman–Crippen LogP) is 3.92. The van der Waals surface area contributed by atoms with E-state index in [1.54, 1.807) is 10.4 Å². The molecule has 3 rings (SSSR count). The van der Waals surface area contributed by atoms with Gasteiger partial charge in [0, 0.05) is 23.6 Å². The molecule has 0 amide bonds. The zero-order valence-electron chi connectivity index (χ0n) is 12.0. The van der Waals surface area contributed by atoms with Gasteiger partial charge in [-0.1, -0.05) is 13.8 Å². The van der Waals surface area contributed by atoms with Gasteiger partial charge in [0.25, 0.3) is 0 Å². The first kappa shape index (κ1) is 13.6. The van der Waals surface area contributed by atoms with Gasteiger partial charge in [-0.05, 0) is 55.0 Å². The molecule has 3 heteroatoms. The molecular weight excluding hydrogens is 254 g/mol. The van der Waals surface area contributed by atoms with Crippen molar-refractivity contribution in [3.05, 3.63) is 21.9 Å². The highest BCUT2D eigenvalue weighted by atomic mass is 32.1. The molecule has 0 saturated carbocycles. The van der Waals surface area contributed by atoms with Crippen molar-refractivity contribution in [1.29, 1.82) is 0 Å². The SMILES string of the molecule is CC(C)C1CC(NC2CCCc3sccc32)CCO1. The summed E-state index contributed by atoms with van der Waals surface area (Å²) in [5, 5.41) is 6.17. The zero-order valence-corrected chi connectivity index (χ0v) is 12.8. The molecular formula is C16H25NOS. The van der Waals surface area contributed by atoms with Gasteiger partial charge in [0.1, 0.15) is 0 Å². The summed E-state index contributed by atoms with van der Waals surface area (Å²) >= 11 is 1.93. The standard InChI is InChI=1S/C16H25NOS/c1-11(2)15-10-12(6-8-18-15)17-14-4-3-5-16-13(14)7-9-19-16/h7,9,11-12,14-15,17H,3-6,8,10H2,1-2H3. The number of fused-ring (bicyclic) bond motifs is 1. The topological polar surface area (TPSA) is 21.3 Å². The summed E-state index contributed by atoms with van der Waals surface area (Å²) < 4.78 is 5.88. The largest absolute Gasteiger partial charge is 0.378 e. The van der Waals surface area contributed by atoms with Crippen molar-refractivity contribution < 1.29 is 4.74 Å². The van der Waals surface area contributed by atoms with Gasteiger partial charge in [-0.15, -0.1) is 11.3 Å². The molecule has 1 saturated heterocycles. The molecule has 3 atom stereocenters. The highest BCUT2D eigenvalue weighted by Gasteiger charge is 2.28. The second kappa shape index (κ2) is 5.94. The molecule has 2 aliphatic rings. The van der Waals surface area contributed by atoms with Crippen LogP contribution in [-0.4, -0.2) is 18.8 Å². The third-order valence-corrected chi connectivity index (χ3v) is 5.54. The van der Waals surface area contributed by atoms with E-state index in [1.807, 2.05) is 11.3 Å². The maximum Gasteiger partial charge on any atom is 0.0612 e. The van der Waals surface area contributed by atoms with Crippen molar-refractivity contribution in [1.82, 2.24) is 5.32 Å². The molecule has 2 nitrogen and oxygen atoms in total. The van der Waals surface area contributed by atoms with E-state index >= 15 is 0 Å². The number of aryl methyl sites for hydroxylation is 1. The van der Waals surface area contributed by atoms with Gasteiger partial charge in [-0.3, -0.25) is 0 Å². The van der Waals surface area contributed by atoms with E-state index in [-0.39, 0.29) is 0 Å². The third kappa shape index (κ3) is 3.04. The van der Waals surface area contributed by atoms with Crippen LogP contribution in [0.4, 0.5) is 0 Å². The van der Waals surface area contributed by atoms with Crippen LogP contribution in [0.2, 0.25) is 0 Å². The molecule has 1 N–H and O–H groups in total. The van der Waals surface area contributed by atoms with Crippen LogP contribution >= 0.6 is 11.3 Å². The molecule has 0 radical (unpaired) electrons. The average Bonchev–Trinajstić information content (AvgIpc) is 2.88. The van der Waals surface area contributed by atoms with E-state index in [2.05, 4.69) is 30.6 Å². The van der Waals surface area contributed by atoms with Crippen molar-refractivity contribution >= 4 is 11.3 Å². The number of hydrogen-bond acceptors (Lipinski definition) is 3. The number of hydrogen-bond donors (Lipinski definition) is 1. The maximum absolute atomic E-state index is 5.88. The molecule has 2 heterocycles. The first-order valence-electron chi connectivity index (χ1n) is 7.68. The lowest BCUT2D eigenvalue weighted by Crippen LogP contribution is -2.42. The van der Waals surface area contributed by atoms with E-state index < -0.39 is 0 Å². The quantitative estimate of drug-likeness (QED) is 0.905. The minimum absolute atomic E-state index is 0.441. The number of nitrogens with one attached hydrogen (secondary N) is 1. The second-order valence-electron chi connectivity index (χ2n) is 6.29. The highest BCUT2D eigenvalue weighted by Crippen LogP contribution is 2.34. The van der Waals surface area contributed by atoms with Gasteiger partial charge >= 0.3 is 0 Å². The van der Waals surface area contributed by atoms with Crippen molar-refractivity contribution in [2.75, 3.05) is 6.61 Å². The normalized spacial score (nSPS) is 31.4. The zero-order chi connectivity index (χ0) is 13.2. The van der Waals surface area contributed by atoms with E-state index in [0.717, 1.165) is 6.61 Å². The maximum atomic E-state index is 5.88. The molecule has 1 aliphatic carbocycles. The van der Waals surface area contributed by atoms with Crippen LogP contribution in [0.1, 0.15) is 56.0 Å². The van der Waals surface area contributed by atoms with Gasteiger partial charge in [0.2, 0.25) is 0 Å². The molecule has 1 aliphatic heterocycles. The summed E-state index contributed by atoms with van der Waals surface area (Å²) in [4.78, 5) is 1.61. The summed E-state index contributed by atoms with van der Waals surface area (Å²) in [6.45, 7) is 5.46. The molecule has 106 valence electrons. The van der Waals surface area contributed by atoms with Gasteiger partial charge in [0.15, 0.2) is 0 Å². The van der Waals surface area contributed by atoms with E-state index in [0.29, 0.717) is 24.1 Å². The first-order chi connectivity index (χ1) is 9.24. The van der Waals surface area contributed by atoms with Crippen LogP contribution in [0.25, 0.3) is 0 Å². The lowest BCUT2D eigenvalue weighted by molar-refractivity contribution is -0.0262. The fourth-order valence-corrected chi connectivity index (χ4v) is 4.38. The molecule has 1 fully saturated rings. The van der Waals surface area contributed by atoms with Gasteiger partial charge in [-0.25, -0.2) is 0 Å². The molecule has 0 bridgehead atoms. The van der Waals surface area contributed by atoms with E-state index in [9.17, 15) is 0 Å². The smallest absolute Gasteiger partial charge is 0.0612 e. The molecule has 0 spiro atoms. The Morgan fingerprint density at radius 1 is 1.37 bits per heavy atom. The minimum atomic E-state index is 0.441. The van der Waals surface area contributed by atoms with Crippen LogP contribution in [0.15, 0.2) is 11.4 Å². The third-order valence-electron chi connectivity index (χ3n) is 4.55. The number of thiophene rings is 1. The monoisotopic (exact) mass is 279 g/mol. The van der Waals surface area contributed by atoms with Gasteiger partial charge in [-0.2, -0.15) is 0 Å². The second-order valence-corrected chi connectivity index (χ2v) is 7.29. The van der Waals surface area contributed by atoms with E-state index in [1.165, 1.54) is 32.1 Å². The highest BCUT2D eigenvalue weighted by molar-refractivity contribution is 7.10. The first-order valence-corrected chi connectivity index (χ1v) is 8.56. The van der Waals surface area contributed by atoms with Crippen LogP contribution in [-0.2, 0) is 11.2 Å². The van der Waals surface area contributed by atoms with Gasteiger partial charge in [0.05, 0.1) is 6.10 Å². The fourth-order valence-electron chi connectivity index (χ4n) is 3.39. The predicted molar refractivity (Wildman–Crippen MR) is 80.7 cm³/mol. The minimum Gasteiger partial charge on any atom is -0.378 e. The Labute approximate surface area is 120 Å². The molecule has 1 aromatic heterocycles. The van der Waals surface area contributed by atoms with Crippen molar-refractivity contribution in [3.63, 3.8) is 0 Å². The van der Waals surface area contributed by atoms with Crippen LogP contribution in [0, 0.1) is 5.92 Å². The summed E-state index contributed by atoms with van der Waals surface area (Å²) in [5.41, 5.74) is 1.57. The summed E-state index contributed by atoms with van der Waals surface area (Å²) in [5.74, 6) is 0.632. The molecule has 3 unspecified atom stereocenters. The summed E-state index contributed by atoms with van der Waals surface area (Å²) in [7, 11) is 0. The van der Waals surface area contributed by atoms with Crippen molar-refractivity contribution in [2.24, 2.45) is 5.92 Å². The Morgan fingerprint density at radius 3 is 3.11 bits per heavy atom. The van der Waals surface area contributed by atoms with Crippen LogP contribution < -0.4 is 5.32 Å². The number of ether oxygens (including phenoxy) is 1. The van der Waals surface area contributed by atoms with Gasteiger partial charge < -0.3 is 10.1 Å². The summed E-state index contributed by atoms with van der Waals surface area (Å²) in [6.07, 6.45) is 6.70. The van der Waals surface area contributed by atoms with E-state index in [4.69, 9.17) is 4.74 Å². The van der Waals surface area contributed by atoms with Crippen LogP contribution in [0.3, 0.4) is 0 Å². The Bertz CT molecular complexity index is 415. The Morgan fingerprint density at radius 2 is 2.26 bits per heavy atom. The Kier molecular flexibility index (Phi) is 4.25. The number of rotatable bonds is 3. The molecule has 0 aromatic carbocycles.